The molecule has 2 heterocycles. The molecule has 3 unspecified atom stereocenters. The van der Waals surface area contributed by atoms with Crippen molar-refractivity contribution in [3.05, 3.63) is 34.2 Å². The van der Waals surface area contributed by atoms with Crippen molar-refractivity contribution in [3.63, 3.8) is 0 Å². The topological polar surface area (TPSA) is 159 Å². The average Bonchev–Trinajstić information content (AvgIpc) is 2.96. The molecule has 1 aromatic heterocycles. The Kier molecular flexibility index (Phi) is 14.2. The second-order valence-electron chi connectivity index (χ2n) is 11.4. The molecule has 10 heteroatoms. The third kappa shape index (κ3) is 10.1. The molecule has 1 aromatic carbocycles. The smallest absolute Gasteiger partial charge is 0.336 e. The molecule has 42 heavy (non-hydrogen) atoms. The first-order chi connectivity index (χ1) is 20.2. The summed E-state index contributed by atoms with van der Waals surface area (Å²) in [5.74, 6) is -0.176. The van der Waals surface area contributed by atoms with Crippen molar-refractivity contribution >= 4 is 22.6 Å². The maximum absolute atomic E-state index is 12.9. The van der Waals surface area contributed by atoms with Gasteiger partial charge in [-0.1, -0.05) is 84.0 Å². The van der Waals surface area contributed by atoms with E-state index in [2.05, 4.69) is 12.2 Å². The maximum Gasteiger partial charge on any atom is 0.336 e. The number of hydrogen-bond donors (Lipinski definition) is 5. The first kappa shape index (κ1) is 34.0. The van der Waals surface area contributed by atoms with Crippen LogP contribution in [0.25, 0.3) is 11.0 Å². The third-order valence-corrected chi connectivity index (χ3v) is 7.92. The number of aliphatic hydroxyl groups excluding tert-OH is 4. The molecule has 1 aliphatic rings. The van der Waals surface area contributed by atoms with Crippen molar-refractivity contribution in [1.29, 1.82) is 0 Å². The molecule has 2 aromatic rings. The second-order valence-corrected chi connectivity index (χ2v) is 11.4. The SMILES string of the molecule is CCCCCCCCCCCCCCCC(=O)Nc1cc2c(C)cc(=O)oc2cc1O[C@@H]1OC(CO)[C@H](O)C(O)C1O. The van der Waals surface area contributed by atoms with E-state index in [-0.39, 0.29) is 22.9 Å². The van der Waals surface area contributed by atoms with Crippen molar-refractivity contribution in [1.82, 2.24) is 0 Å². The van der Waals surface area contributed by atoms with Crippen LogP contribution >= 0.6 is 0 Å². The van der Waals surface area contributed by atoms with E-state index in [1.54, 1.807) is 13.0 Å². The van der Waals surface area contributed by atoms with Gasteiger partial charge in [-0.05, 0) is 25.0 Å². The van der Waals surface area contributed by atoms with Gasteiger partial charge in [-0.2, -0.15) is 0 Å². The van der Waals surface area contributed by atoms with Crippen LogP contribution in [-0.4, -0.2) is 63.6 Å². The molecule has 0 saturated carbocycles. The highest BCUT2D eigenvalue weighted by Crippen LogP contribution is 2.34. The zero-order valence-electron chi connectivity index (χ0n) is 25.1. The molecule has 1 fully saturated rings. The van der Waals surface area contributed by atoms with Gasteiger partial charge in [0.1, 0.15) is 35.7 Å². The van der Waals surface area contributed by atoms with Crippen molar-refractivity contribution in [3.8, 4) is 5.75 Å². The molecule has 0 radical (unpaired) electrons. The number of fused-ring (bicyclic) bond motifs is 1. The number of unbranched alkanes of at least 4 members (excludes halogenated alkanes) is 12. The molecule has 236 valence electrons. The molecule has 3 rings (SSSR count). The Hall–Kier alpha value is -2.50. The van der Waals surface area contributed by atoms with Crippen LogP contribution in [0.3, 0.4) is 0 Å². The minimum absolute atomic E-state index is 0.0410. The Morgan fingerprint density at radius 1 is 0.857 bits per heavy atom. The molecular weight excluding hydrogens is 542 g/mol. The van der Waals surface area contributed by atoms with E-state index in [9.17, 15) is 30.0 Å². The van der Waals surface area contributed by atoms with E-state index >= 15 is 0 Å². The summed E-state index contributed by atoms with van der Waals surface area (Å²) in [5.41, 5.74) is 0.566. The van der Waals surface area contributed by atoms with Crippen LogP contribution in [-0.2, 0) is 9.53 Å². The van der Waals surface area contributed by atoms with Gasteiger partial charge in [0.15, 0.2) is 0 Å². The number of carbonyl (C=O) groups is 1. The monoisotopic (exact) mass is 591 g/mol. The number of anilines is 1. The Labute approximate surface area is 248 Å². The third-order valence-electron chi connectivity index (χ3n) is 7.92. The van der Waals surface area contributed by atoms with E-state index in [1.165, 1.54) is 76.3 Å². The largest absolute Gasteiger partial charge is 0.460 e. The number of benzene rings is 1. The van der Waals surface area contributed by atoms with Gasteiger partial charge in [0, 0.05) is 23.9 Å². The fourth-order valence-electron chi connectivity index (χ4n) is 5.35. The van der Waals surface area contributed by atoms with Gasteiger partial charge in [-0.25, -0.2) is 4.79 Å². The van der Waals surface area contributed by atoms with Crippen LogP contribution in [0, 0.1) is 6.92 Å². The Morgan fingerprint density at radius 3 is 2.05 bits per heavy atom. The molecule has 0 aliphatic carbocycles. The Morgan fingerprint density at radius 2 is 1.45 bits per heavy atom. The van der Waals surface area contributed by atoms with Crippen molar-refractivity contribution in [2.45, 2.75) is 134 Å². The van der Waals surface area contributed by atoms with Crippen LogP contribution < -0.4 is 15.7 Å². The Balaban J connectivity index is 1.53. The number of carbonyl (C=O) groups excluding carboxylic acids is 1. The number of aliphatic hydroxyl groups is 4. The number of rotatable bonds is 18. The summed E-state index contributed by atoms with van der Waals surface area (Å²) in [7, 11) is 0. The number of amides is 1. The molecule has 1 saturated heterocycles. The summed E-state index contributed by atoms with van der Waals surface area (Å²) in [6, 6.07) is 4.38. The maximum atomic E-state index is 12.9. The van der Waals surface area contributed by atoms with Crippen molar-refractivity contribution < 1.29 is 39.1 Å². The second kappa shape index (κ2) is 17.6. The van der Waals surface area contributed by atoms with Crippen molar-refractivity contribution in [2.75, 3.05) is 11.9 Å². The predicted octanol–water partition coefficient (Wildman–Crippen LogP) is 4.70. The highest BCUT2D eigenvalue weighted by Gasteiger charge is 2.45. The normalized spacial score (nSPS) is 22.4. The van der Waals surface area contributed by atoms with E-state index in [0.717, 1.165) is 19.3 Å². The van der Waals surface area contributed by atoms with Crippen LogP contribution in [0.2, 0.25) is 0 Å². The number of hydrogen-bond acceptors (Lipinski definition) is 9. The molecule has 0 spiro atoms. The minimum atomic E-state index is -1.64. The van der Waals surface area contributed by atoms with Gasteiger partial charge in [-0.3, -0.25) is 4.79 Å². The van der Waals surface area contributed by atoms with Crippen LogP contribution in [0.5, 0.6) is 5.75 Å². The van der Waals surface area contributed by atoms with Gasteiger partial charge < -0.3 is 39.6 Å². The lowest BCUT2D eigenvalue weighted by atomic mass is 9.99. The van der Waals surface area contributed by atoms with Gasteiger partial charge in [0.2, 0.25) is 12.2 Å². The average molecular weight is 592 g/mol. The van der Waals surface area contributed by atoms with E-state index < -0.39 is 42.9 Å². The molecular formula is C32H49NO9. The molecule has 5 atom stereocenters. The lowest BCUT2D eigenvalue weighted by Crippen LogP contribution is -2.60. The molecule has 1 aliphatic heterocycles. The number of nitrogens with one attached hydrogen (secondary N) is 1. The molecule has 0 bridgehead atoms. The lowest BCUT2D eigenvalue weighted by Gasteiger charge is -2.39. The summed E-state index contributed by atoms with van der Waals surface area (Å²) < 4.78 is 16.6. The molecule has 5 N–H and O–H groups in total. The molecule has 10 nitrogen and oxygen atoms in total. The summed E-state index contributed by atoms with van der Waals surface area (Å²) in [6.45, 7) is 3.37. The van der Waals surface area contributed by atoms with E-state index in [1.807, 2.05) is 0 Å². The van der Waals surface area contributed by atoms with Crippen LogP contribution in [0.4, 0.5) is 5.69 Å². The van der Waals surface area contributed by atoms with E-state index in [4.69, 9.17) is 13.9 Å². The van der Waals surface area contributed by atoms with Gasteiger partial charge >= 0.3 is 5.63 Å². The first-order valence-corrected chi connectivity index (χ1v) is 15.6. The van der Waals surface area contributed by atoms with Crippen LogP contribution in [0.1, 0.15) is 102 Å². The minimum Gasteiger partial charge on any atom is -0.460 e. The van der Waals surface area contributed by atoms with Gasteiger partial charge in [-0.15, -0.1) is 0 Å². The predicted molar refractivity (Wildman–Crippen MR) is 161 cm³/mol. The van der Waals surface area contributed by atoms with E-state index in [0.29, 0.717) is 17.4 Å². The zero-order chi connectivity index (χ0) is 30.5. The number of ether oxygens (including phenoxy) is 2. The Bertz CT molecular complexity index is 1160. The van der Waals surface area contributed by atoms with Crippen molar-refractivity contribution in [2.24, 2.45) is 0 Å². The summed E-state index contributed by atoms with van der Waals surface area (Å²) in [6.07, 6.45) is 8.64. The first-order valence-electron chi connectivity index (χ1n) is 15.6. The highest BCUT2D eigenvalue weighted by molar-refractivity contribution is 5.96. The zero-order valence-corrected chi connectivity index (χ0v) is 25.1. The highest BCUT2D eigenvalue weighted by atomic mass is 16.7. The number of aryl methyl sites for hydroxylation is 1. The quantitative estimate of drug-likeness (QED) is 0.122. The van der Waals surface area contributed by atoms with Gasteiger partial charge in [0.25, 0.3) is 0 Å². The fourth-order valence-corrected chi connectivity index (χ4v) is 5.35. The summed E-state index contributed by atoms with van der Waals surface area (Å²) >= 11 is 0. The molecule has 1 amide bonds. The van der Waals surface area contributed by atoms with Gasteiger partial charge in [0.05, 0.1) is 12.3 Å². The fraction of sp³-hybridized carbons (Fsp3) is 0.688. The lowest BCUT2D eigenvalue weighted by molar-refractivity contribution is -0.277. The summed E-state index contributed by atoms with van der Waals surface area (Å²) in [4.78, 5) is 24.8. The standard InChI is InChI=1S/C32H49NO9/c1-3-4-5-6-7-8-9-10-11-12-13-14-15-16-27(35)33-23-18-22-21(2)17-28(36)40-24(22)19-25(23)41-32-31(39)30(38)29(37)26(20-34)42-32/h17-19,26,29-32,34,37-39H,3-16,20H2,1-2H3,(H,33,35)/t26?,29-,30?,31?,32+/m0/s1. The van der Waals surface area contributed by atoms with Crippen LogP contribution in [0.15, 0.2) is 27.4 Å². The summed E-state index contributed by atoms with van der Waals surface area (Å²) in [5, 5.41) is 43.6.